The molecular weight excluding hydrogens is 463 g/mol. The van der Waals surface area contributed by atoms with E-state index in [0.717, 1.165) is 0 Å². The molecule has 0 saturated carbocycles. The van der Waals surface area contributed by atoms with E-state index >= 15 is 0 Å². The molecule has 1 aromatic heterocycles. The molecule has 34 heavy (non-hydrogen) atoms. The SMILES string of the molecule is CNC(=O)c1ccc(-c2cc(Cl)c3ccc(C(=O)N4CCN(C(=O)O)C(C)C4)cc3n2)cc1F. The lowest BCUT2D eigenvalue weighted by Crippen LogP contribution is -2.55. The van der Waals surface area contributed by atoms with Crippen molar-refractivity contribution in [2.24, 2.45) is 0 Å². The number of fused-ring (bicyclic) bond motifs is 1. The number of hydrogen-bond acceptors (Lipinski definition) is 4. The van der Waals surface area contributed by atoms with Gasteiger partial charge in [-0.05, 0) is 37.3 Å². The second-order valence-corrected chi connectivity index (χ2v) is 8.48. The Morgan fingerprint density at radius 3 is 2.56 bits per heavy atom. The van der Waals surface area contributed by atoms with Gasteiger partial charge in [0.05, 0.1) is 21.8 Å². The molecular formula is C24H22ClFN4O4. The Morgan fingerprint density at radius 1 is 1.15 bits per heavy atom. The zero-order chi connectivity index (χ0) is 24.6. The van der Waals surface area contributed by atoms with Gasteiger partial charge in [-0.25, -0.2) is 14.2 Å². The molecule has 3 aromatic rings. The van der Waals surface area contributed by atoms with E-state index in [4.69, 9.17) is 11.6 Å². The van der Waals surface area contributed by atoms with E-state index in [1.165, 1.54) is 24.1 Å². The van der Waals surface area contributed by atoms with Crippen molar-refractivity contribution < 1.29 is 23.9 Å². The van der Waals surface area contributed by atoms with Gasteiger partial charge in [0, 0.05) is 49.2 Å². The first-order valence-corrected chi connectivity index (χ1v) is 11.0. The largest absolute Gasteiger partial charge is 0.465 e. The number of nitrogens with one attached hydrogen (secondary N) is 1. The third-order valence-electron chi connectivity index (χ3n) is 5.90. The molecule has 2 heterocycles. The number of nitrogens with zero attached hydrogens (tertiary/aromatic N) is 3. The van der Waals surface area contributed by atoms with Crippen molar-refractivity contribution in [2.75, 3.05) is 26.7 Å². The summed E-state index contributed by atoms with van der Waals surface area (Å²) in [6.45, 7) is 2.57. The van der Waals surface area contributed by atoms with Crippen LogP contribution in [0.2, 0.25) is 5.02 Å². The van der Waals surface area contributed by atoms with Gasteiger partial charge >= 0.3 is 6.09 Å². The van der Waals surface area contributed by atoms with Crippen LogP contribution in [-0.4, -0.2) is 70.5 Å². The molecule has 0 aliphatic carbocycles. The van der Waals surface area contributed by atoms with Crippen molar-refractivity contribution in [3.05, 3.63) is 64.4 Å². The number of amides is 3. The van der Waals surface area contributed by atoms with Gasteiger partial charge in [-0.1, -0.05) is 23.7 Å². The Labute approximate surface area is 199 Å². The maximum absolute atomic E-state index is 14.5. The van der Waals surface area contributed by atoms with Crippen molar-refractivity contribution in [1.29, 1.82) is 0 Å². The molecule has 0 spiro atoms. The van der Waals surface area contributed by atoms with Crippen LogP contribution in [0.5, 0.6) is 0 Å². The lowest BCUT2D eigenvalue weighted by molar-refractivity contribution is 0.0507. The molecule has 0 radical (unpaired) electrons. The normalized spacial score (nSPS) is 15.9. The Balaban J connectivity index is 1.65. The van der Waals surface area contributed by atoms with E-state index in [-0.39, 0.29) is 30.6 Å². The Bertz CT molecular complexity index is 1320. The van der Waals surface area contributed by atoms with Crippen LogP contribution in [-0.2, 0) is 0 Å². The highest BCUT2D eigenvalue weighted by atomic mass is 35.5. The average molecular weight is 485 g/mol. The molecule has 10 heteroatoms. The van der Waals surface area contributed by atoms with Gasteiger partial charge in [-0.15, -0.1) is 0 Å². The van der Waals surface area contributed by atoms with Gasteiger partial charge in [0.1, 0.15) is 5.82 Å². The second kappa shape index (κ2) is 9.26. The second-order valence-electron chi connectivity index (χ2n) is 8.07. The Morgan fingerprint density at radius 2 is 1.91 bits per heavy atom. The highest BCUT2D eigenvalue weighted by Crippen LogP contribution is 2.30. The molecule has 8 nitrogen and oxygen atoms in total. The van der Waals surface area contributed by atoms with Crippen LogP contribution in [0.1, 0.15) is 27.6 Å². The average Bonchev–Trinajstić information content (AvgIpc) is 2.82. The lowest BCUT2D eigenvalue weighted by atomic mass is 10.0. The molecule has 1 atom stereocenters. The van der Waals surface area contributed by atoms with E-state index in [0.29, 0.717) is 39.3 Å². The summed E-state index contributed by atoms with van der Waals surface area (Å²) in [4.78, 5) is 43.6. The maximum Gasteiger partial charge on any atom is 0.407 e. The van der Waals surface area contributed by atoms with Gasteiger partial charge in [0.15, 0.2) is 0 Å². The third-order valence-corrected chi connectivity index (χ3v) is 6.22. The fourth-order valence-electron chi connectivity index (χ4n) is 4.07. The number of rotatable bonds is 3. The highest BCUT2D eigenvalue weighted by Gasteiger charge is 2.30. The molecule has 2 aromatic carbocycles. The topological polar surface area (TPSA) is 103 Å². The van der Waals surface area contributed by atoms with Gasteiger partial charge in [-0.3, -0.25) is 9.59 Å². The van der Waals surface area contributed by atoms with Crippen LogP contribution in [0.3, 0.4) is 0 Å². The maximum atomic E-state index is 14.5. The lowest BCUT2D eigenvalue weighted by Gasteiger charge is -2.38. The van der Waals surface area contributed by atoms with E-state index < -0.39 is 17.8 Å². The summed E-state index contributed by atoms with van der Waals surface area (Å²) in [6.07, 6.45) is -1.00. The van der Waals surface area contributed by atoms with Crippen LogP contribution >= 0.6 is 11.6 Å². The number of halogens is 2. The molecule has 3 amide bonds. The molecule has 2 N–H and O–H groups in total. The summed E-state index contributed by atoms with van der Waals surface area (Å²) in [6, 6.07) is 10.4. The summed E-state index contributed by atoms with van der Waals surface area (Å²) in [7, 11) is 1.42. The minimum absolute atomic E-state index is 0.0803. The Hall–Kier alpha value is -3.72. The predicted octanol–water partition coefficient (Wildman–Crippen LogP) is 3.88. The summed E-state index contributed by atoms with van der Waals surface area (Å²) in [5.41, 5.74) is 1.60. The molecule has 4 rings (SSSR count). The van der Waals surface area contributed by atoms with Crippen LogP contribution in [0, 0.1) is 5.82 Å². The summed E-state index contributed by atoms with van der Waals surface area (Å²) >= 11 is 6.45. The number of carbonyl (C=O) groups is 3. The number of pyridine rings is 1. The molecule has 1 aliphatic heterocycles. The summed E-state index contributed by atoms with van der Waals surface area (Å²) in [5, 5.41) is 12.7. The van der Waals surface area contributed by atoms with E-state index in [9.17, 15) is 23.9 Å². The first kappa shape index (κ1) is 23.4. The number of benzene rings is 2. The van der Waals surface area contributed by atoms with E-state index in [1.807, 2.05) is 0 Å². The number of piperazine rings is 1. The minimum atomic E-state index is -1.00. The van der Waals surface area contributed by atoms with Gasteiger partial charge in [-0.2, -0.15) is 0 Å². The Kier molecular flexibility index (Phi) is 6.39. The van der Waals surface area contributed by atoms with Gasteiger partial charge < -0.3 is 20.2 Å². The van der Waals surface area contributed by atoms with Crippen molar-refractivity contribution in [2.45, 2.75) is 13.0 Å². The van der Waals surface area contributed by atoms with E-state index in [1.54, 1.807) is 42.2 Å². The van der Waals surface area contributed by atoms with Crippen LogP contribution in [0.15, 0.2) is 42.5 Å². The summed E-state index contributed by atoms with van der Waals surface area (Å²) < 4.78 is 14.5. The minimum Gasteiger partial charge on any atom is -0.465 e. The summed E-state index contributed by atoms with van der Waals surface area (Å²) in [5.74, 6) is -1.45. The fraction of sp³-hybridized carbons (Fsp3) is 0.250. The number of carbonyl (C=O) groups excluding carboxylic acids is 2. The smallest absolute Gasteiger partial charge is 0.407 e. The zero-order valence-electron chi connectivity index (χ0n) is 18.5. The van der Waals surface area contributed by atoms with Crippen molar-refractivity contribution in [1.82, 2.24) is 20.1 Å². The number of aromatic nitrogens is 1. The van der Waals surface area contributed by atoms with Crippen molar-refractivity contribution >= 4 is 40.4 Å². The fourth-order valence-corrected chi connectivity index (χ4v) is 4.33. The van der Waals surface area contributed by atoms with Gasteiger partial charge in [0.2, 0.25) is 0 Å². The predicted molar refractivity (Wildman–Crippen MR) is 126 cm³/mol. The molecule has 1 aliphatic rings. The molecule has 1 unspecified atom stereocenters. The zero-order valence-corrected chi connectivity index (χ0v) is 19.3. The number of carboxylic acid groups (broad SMARTS) is 1. The molecule has 176 valence electrons. The quantitative estimate of drug-likeness (QED) is 0.587. The van der Waals surface area contributed by atoms with E-state index in [2.05, 4.69) is 10.3 Å². The standard InChI is InChI=1S/C24H22ClFN4O4/c1-13-12-29(7-8-30(13)24(33)34)23(32)15-4-5-16-18(25)11-20(28-21(16)10-15)14-3-6-17(19(26)9-14)22(31)27-2/h3-6,9-11,13H,7-8,12H2,1-2H3,(H,27,31)(H,33,34). The van der Waals surface area contributed by atoms with Crippen LogP contribution < -0.4 is 5.32 Å². The monoisotopic (exact) mass is 484 g/mol. The van der Waals surface area contributed by atoms with Crippen LogP contribution in [0.4, 0.5) is 9.18 Å². The third kappa shape index (κ3) is 4.38. The first-order valence-electron chi connectivity index (χ1n) is 10.6. The van der Waals surface area contributed by atoms with Crippen LogP contribution in [0.25, 0.3) is 22.2 Å². The van der Waals surface area contributed by atoms with Gasteiger partial charge in [0.25, 0.3) is 11.8 Å². The van der Waals surface area contributed by atoms with Crippen molar-refractivity contribution in [3.8, 4) is 11.3 Å². The molecule has 1 fully saturated rings. The molecule has 1 saturated heterocycles. The molecule has 0 bridgehead atoms. The number of hydrogen-bond donors (Lipinski definition) is 2. The van der Waals surface area contributed by atoms with Crippen molar-refractivity contribution in [3.63, 3.8) is 0 Å². The highest BCUT2D eigenvalue weighted by molar-refractivity contribution is 6.35. The first-order chi connectivity index (χ1) is 16.2.